The fraction of sp³-hybridized carbons (Fsp3) is 0.714. The van der Waals surface area contributed by atoms with E-state index in [2.05, 4.69) is 20.8 Å². The van der Waals surface area contributed by atoms with Gasteiger partial charge in [0.05, 0.1) is 0 Å². The van der Waals surface area contributed by atoms with Gasteiger partial charge < -0.3 is 5.32 Å². The Kier molecular flexibility index (Phi) is 3.34. The Labute approximate surface area is 86.7 Å². The largest absolute Gasteiger partial charge is 0.352 e. The second-order valence-electron chi connectivity index (χ2n) is 3.29. The molecule has 6 nitrogen and oxygen atoms in total. The number of tetrazole rings is 1. The lowest BCUT2D eigenvalue weighted by atomic mass is 10.3. The molecule has 0 saturated heterocycles. The zero-order valence-electron chi connectivity index (χ0n) is 8.31. The molecule has 0 aliphatic heterocycles. The van der Waals surface area contributed by atoms with Crippen molar-refractivity contribution in [2.75, 3.05) is 0 Å². The molecule has 0 aliphatic carbocycles. The molecule has 1 unspecified atom stereocenters. The van der Waals surface area contributed by atoms with Crippen LogP contribution in [0.15, 0.2) is 0 Å². The summed E-state index contributed by atoms with van der Waals surface area (Å²) < 4.78 is 1.71. The summed E-state index contributed by atoms with van der Waals surface area (Å²) >= 11 is 4.87. The van der Waals surface area contributed by atoms with Gasteiger partial charge in [-0.1, -0.05) is 10.3 Å². The van der Waals surface area contributed by atoms with Crippen molar-refractivity contribution in [1.29, 1.82) is 0 Å². The van der Waals surface area contributed by atoms with Gasteiger partial charge in [-0.2, -0.15) is 5.21 Å². The molecule has 0 bridgehead atoms. The van der Waals surface area contributed by atoms with Crippen LogP contribution in [0.2, 0.25) is 0 Å². The van der Waals surface area contributed by atoms with E-state index in [-0.39, 0.29) is 16.7 Å². The summed E-state index contributed by atoms with van der Waals surface area (Å²) in [6.07, 6.45) is 0. The number of aromatic amines is 1. The Balaban J connectivity index is 2.76. The zero-order chi connectivity index (χ0) is 10.7. The minimum Gasteiger partial charge on any atom is -0.352 e. The summed E-state index contributed by atoms with van der Waals surface area (Å²) in [6, 6.07) is -0.310. The number of nitrogens with one attached hydrogen (secondary N) is 2. The first-order chi connectivity index (χ1) is 6.52. The maximum Gasteiger partial charge on any atom is 0.244 e. The van der Waals surface area contributed by atoms with Crippen LogP contribution in [-0.2, 0) is 4.79 Å². The van der Waals surface area contributed by atoms with Crippen LogP contribution >= 0.6 is 12.2 Å². The molecule has 1 rings (SSSR count). The van der Waals surface area contributed by atoms with Gasteiger partial charge in [-0.05, 0) is 33.0 Å². The van der Waals surface area contributed by atoms with E-state index in [1.807, 2.05) is 13.8 Å². The summed E-state index contributed by atoms with van der Waals surface area (Å²) in [7, 11) is 0. The zero-order valence-corrected chi connectivity index (χ0v) is 9.13. The number of carbonyl (C=O) groups excluding carboxylic acids is 1. The summed E-state index contributed by atoms with van der Waals surface area (Å²) in [5, 5.41) is 12.4. The predicted molar refractivity (Wildman–Crippen MR) is 53.2 cm³/mol. The van der Waals surface area contributed by atoms with Crippen molar-refractivity contribution in [3.63, 3.8) is 0 Å². The van der Waals surface area contributed by atoms with E-state index in [1.54, 1.807) is 6.92 Å². The summed E-state index contributed by atoms with van der Waals surface area (Å²) in [5.74, 6) is -0.109. The van der Waals surface area contributed by atoms with E-state index >= 15 is 0 Å². The third-order valence-electron chi connectivity index (χ3n) is 1.69. The molecule has 0 radical (unpaired) electrons. The van der Waals surface area contributed by atoms with Gasteiger partial charge >= 0.3 is 0 Å². The standard InChI is InChI=1S/C7H13N5OS/c1-4(2)8-6(13)5(3)12-7(14)9-10-11-12/h4-5H,1-3H3,(H,8,13)(H,9,11,14). The number of hydrogen-bond acceptors (Lipinski definition) is 4. The van der Waals surface area contributed by atoms with Gasteiger partial charge in [0.2, 0.25) is 10.7 Å². The first-order valence-corrected chi connectivity index (χ1v) is 4.73. The summed E-state index contributed by atoms with van der Waals surface area (Å²) in [6.45, 7) is 5.53. The summed E-state index contributed by atoms with van der Waals surface area (Å²) in [5.41, 5.74) is 0. The van der Waals surface area contributed by atoms with Gasteiger partial charge in [-0.3, -0.25) is 4.79 Å². The SMILES string of the molecule is CC(C)NC(=O)C(C)n1[nH]nnc1=S. The van der Waals surface area contributed by atoms with Crippen molar-refractivity contribution in [3.05, 3.63) is 4.77 Å². The van der Waals surface area contributed by atoms with Crippen LogP contribution in [0, 0.1) is 4.77 Å². The Morgan fingerprint density at radius 1 is 1.57 bits per heavy atom. The molecular formula is C7H13N5OS. The van der Waals surface area contributed by atoms with Crippen molar-refractivity contribution >= 4 is 18.1 Å². The van der Waals surface area contributed by atoms with Crippen molar-refractivity contribution in [3.8, 4) is 0 Å². The minimum absolute atomic E-state index is 0.106. The molecule has 0 saturated carbocycles. The molecular weight excluding hydrogens is 202 g/mol. The van der Waals surface area contributed by atoms with E-state index in [4.69, 9.17) is 12.2 Å². The van der Waals surface area contributed by atoms with Crippen LogP contribution in [0.4, 0.5) is 0 Å². The van der Waals surface area contributed by atoms with Crippen LogP contribution in [0.1, 0.15) is 26.8 Å². The molecule has 1 atom stereocenters. The maximum atomic E-state index is 11.6. The summed E-state index contributed by atoms with van der Waals surface area (Å²) in [4.78, 5) is 11.6. The molecule has 14 heavy (non-hydrogen) atoms. The average molecular weight is 215 g/mol. The predicted octanol–water partition coefficient (Wildman–Crippen LogP) is 0.421. The van der Waals surface area contributed by atoms with Crippen LogP contribution in [-0.4, -0.2) is 32.2 Å². The van der Waals surface area contributed by atoms with Gasteiger partial charge in [0, 0.05) is 6.04 Å². The molecule has 2 N–H and O–H groups in total. The number of rotatable bonds is 3. The first kappa shape index (κ1) is 10.8. The molecule has 0 fully saturated rings. The fourth-order valence-electron chi connectivity index (χ4n) is 0.979. The topological polar surface area (TPSA) is 75.6 Å². The van der Waals surface area contributed by atoms with Crippen LogP contribution in [0.3, 0.4) is 0 Å². The lowest BCUT2D eigenvalue weighted by Gasteiger charge is -2.14. The molecule has 1 aromatic heterocycles. The van der Waals surface area contributed by atoms with E-state index in [0.29, 0.717) is 0 Å². The minimum atomic E-state index is -0.417. The Morgan fingerprint density at radius 3 is 2.64 bits per heavy atom. The Bertz CT molecular complexity index is 368. The van der Waals surface area contributed by atoms with Crippen LogP contribution < -0.4 is 5.32 Å². The van der Waals surface area contributed by atoms with Crippen LogP contribution in [0.25, 0.3) is 0 Å². The number of aromatic nitrogens is 4. The van der Waals surface area contributed by atoms with Crippen molar-refractivity contribution in [2.24, 2.45) is 0 Å². The first-order valence-electron chi connectivity index (χ1n) is 4.32. The smallest absolute Gasteiger partial charge is 0.244 e. The second kappa shape index (κ2) is 4.32. The average Bonchev–Trinajstić information content (AvgIpc) is 2.48. The number of amides is 1. The Morgan fingerprint density at radius 2 is 2.21 bits per heavy atom. The molecule has 78 valence electrons. The molecule has 1 amide bonds. The number of hydrogen-bond donors (Lipinski definition) is 2. The monoisotopic (exact) mass is 215 g/mol. The van der Waals surface area contributed by atoms with Crippen molar-refractivity contribution < 1.29 is 4.79 Å². The highest BCUT2D eigenvalue weighted by Gasteiger charge is 2.16. The van der Waals surface area contributed by atoms with Crippen molar-refractivity contribution in [1.82, 2.24) is 25.5 Å². The van der Waals surface area contributed by atoms with Crippen molar-refractivity contribution in [2.45, 2.75) is 32.9 Å². The van der Waals surface area contributed by atoms with E-state index in [9.17, 15) is 4.79 Å². The van der Waals surface area contributed by atoms with E-state index in [1.165, 1.54) is 4.68 Å². The molecule has 1 aromatic rings. The number of H-pyrrole nitrogens is 1. The van der Waals surface area contributed by atoms with Gasteiger partial charge in [-0.25, -0.2) is 4.68 Å². The lowest BCUT2D eigenvalue weighted by Crippen LogP contribution is -2.36. The number of nitrogens with zero attached hydrogens (tertiary/aromatic N) is 3. The highest BCUT2D eigenvalue weighted by molar-refractivity contribution is 7.71. The van der Waals surface area contributed by atoms with E-state index < -0.39 is 6.04 Å². The fourth-order valence-corrected chi connectivity index (χ4v) is 1.22. The van der Waals surface area contributed by atoms with Gasteiger partial charge in [0.15, 0.2) is 0 Å². The third kappa shape index (κ3) is 2.38. The highest BCUT2D eigenvalue weighted by atomic mass is 32.1. The number of carbonyl (C=O) groups is 1. The molecule has 0 aromatic carbocycles. The third-order valence-corrected chi connectivity index (χ3v) is 1.97. The molecule has 1 heterocycles. The van der Waals surface area contributed by atoms with Gasteiger partial charge in [0.1, 0.15) is 6.04 Å². The lowest BCUT2D eigenvalue weighted by molar-refractivity contribution is -0.124. The maximum absolute atomic E-state index is 11.6. The molecule has 0 spiro atoms. The quantitative estimate of drug-likeness (QED) is 0.717. The normalized spacial score (nSPS) is 12.9. The molecule has 7 heteroatoms. The molecule has 0 aliphatic rings. The Hall–Kier alpha value is -1.24. The van der Waals surface area contributed by atoms with Crippen LogP contribution in [0.5, 0.6) is 0 Å². The highest BCUT2D eigenvalue weighted by Crippen LogP contribution is 2.02. The second-order valence-corrected chi connectivity index (χ2v) is 3.66. The van der Waals surface area contributed by atoms with Gasteiger partial charge in [0.25, 0.3) is 0 Å². The van der Waals surface area contributed by atoms with E-state index in [0.717, 1.165) is 0 Å². The van der Waals surface area contributed by atoms with Gasteiger partial charge in [-0.15, -0.1) is 0 Å².